The van der Waals surface area contributed by atoms with E-state index in [1.807, 2.05) is 66.7 Å². The summed E-state index contributed by atoms with van der Waals surface area (Å²) in [5.74, 6) is 0.778. The van der Waals surface area contributed by atoms with Crippen LogP contribution in [-0.2, 0) is 7.05 Å². The Hall–Kier alpha value is -3.86. The Labute approximate surface area is 169 Å². The number of nitrogens with zero attached hydrogens (tertiary/aromatic N) is 2. The lowest BCUT2D eigenvalue weighted by Crippen LogP contribution is -2.21. The maximum absolute atomic E-state index is 13.2. The monoisotopic (exact) mass is 383 g/mol. The van der Waals surface area contributed by atoms with Crippen LogP contribution in [0.1, 0.15) is 0 Å². The zero-order chi connectivity index (χ0) is 20.4. The molecule has 0 radical (unpaired) electrons. The van der Waals surface area contributed by atoms with Crippen LogP contribution in [0, 0.1) is 0 Å². The molecule has 0 fully saturated rings. The number of methoxy groups -OCH3 is 1. The van der Waals surface area contributed by atoms with E-state index < -0.39 is 0 Å². The van der Waals surface area contributed by atoms with E-state index in [2.05, 4.69) is 4.98 Å². The fourth-order valence-electron chi connectivity index (χ4n) is 3.50. The Kier molecular flexibility index (Phi) is 4.87. The average molecular weight is 383 g/mol. The van der Waals surface area contributed by atoms with Gasteiger partial charge in [0.15, 0.2) is 0 Å². The maximum Gasteiger partial charge on any atom is 0.258 e. The van der Waals surface area contributed by atoms with Gasteiger partial charge in [0.25, 0.3) is 5.56 Å². The van der Waals surface area contributed by atoms with Crippen LogP contribution in [0.3, 0.4) is 0 Å². The van der Waals surface area contributed by atoms with E-state index in [1.54, 1.807) is 31.1 Å². The lowest BCUT2D eigenvalue weighted by molar-refractivity contribution is 0.415. The standard InChI is InChI=1S/C24H21N3O2/c1-27-23(17-10-12-26-13-11-17)21(16-6-8-20(29-2)9-7-16)15-22(24(27)28)18-4-3-5-19(25)14-18/h3-15H,25H2,1-2H3. The molecule has 144 valence electrons. The molecule has 29 heavy (non-hydrogen) atoms. The number of hydrogen-bond acceptors (Lipinski definition) is 4. The van der Waals surface area contributed by atoms with E-state index in [1.165, 1.54) is 0 Å². The molecule has 2 heterocycles. The third kappa shape index (κ3) is 3.50. The van der Waals surface area contributed by atoms with Crippen molar-refractivity contribution in [1.82, 2.24) is 9.55 Å². The summed E-state index contributed by atoms with van der Waals surface area (Å²) in [4.78, 5) is 17.4. The molecule has 5 nitrogen and oxygen atoms in total. The van der Waals surface area contributed by atoms with Crippen molar-refractivity contribution in [3.8, 4) is 39.3 Å². The SMILES string of the molecule is COc1ccc(-c2cc(-c3cccc(N)c3)c(=O)n(C)c2-c2ccncc2)cc1. The second kappa shape index (κ2) is 7.64. The predicted molar refractivity (Wildman–Crippen MR) is 117 cm³/mol. The molecular weight excluding hydrogens is 362 g/mol. The highest BCUT2D eigenvalue weighted by atomic mass is 16.5. The van der Waals surface area contributed by atoms with Gasteiger partial charge in [-0.2, -0.15) is 0 Å². The van der Waals surface area contributed by atoms with E-state index in [4.69, 9.17) is 10.5 Å². The van der Waals surface area contributed by atoms with E-state index in [9.17, 15) is 4.79 Å². The lowest BCUT2D eigenvalue weighted by Gasteiger charge is -2.17. The first-order chi connectivity index (χ1) is 14.1. The van der Waals surface area contributed by atoms with Crippen LogP contribution in [0.25, 0.3) is 33.5 Å². The lowest BCUT2D eigenvalue weighted by atomic mass is 9.95. The van der Waals surface area contributed by atoms with Gasteiger partial charge in [-0.25, -0.2) is 0 Å². The number of benzene rings is 2. The first-order valence-electron chi connectivity index (χ1n) is 9.23. The van der Waals surface area contributed by atoms with Gasteiger partial charge in [0, 0.05) is 41.8 Å². The van der Waals surface area contributed by atoms with Gasteiger partial charge in [-0.3, -0.25) is 9.78 Å². The number of nitrogen functional groups attached to an aromatic ring is 1. The molecule has 4 rings (SSSR count). The molecule has 0 aliphatic heterocycles. The Morgan fingerprint density at radius 1 is 0.862 bits per heavy atom. The first-order valence-corrected chi connectivity index (χ1v) is 9.23. The number of nitrogens with two attached hydrogens (primary N) is 1. The zero-order valence-corrected chi connectivity index (χ0v) is 16.3. The molecule has 0 saturated heterocycles. The van der Waals surface area contributed by atoms with Crippen LogP contribution in [0.2, 0.25) is 0 Å². The molecule has 0 bridgehead atoms. The Balaban J connectivity index is 2.03. The Morgan fingerprint density at radius 2 is 1.59 bits per heavy atom. The smallest absolute Gasteiger partial charge is 0.258 e. The van der Waals surface area contributed by atoms with Gasteiger partial charge in [0.2, 0.25) is 0 Å². The number of hydrogen-bond donors (Lipinski definition) is 1. The minimum absolute atomic E-state index is 0.0836. The molecular formula is C24H21N3O2. The highest BCUT2D eigenvalue weighted by Crippen LogP contribution is 2.34. The van der Waals surface area contributed by atoms with Crippen molar-refractivity contribution in [2.24, 2.45) is 7.05 Å². The molecule has 0 aliphatic carbocycles. The summed E-state index contributed by atoms with van der Waals surface area (Å²) in [7, 11) is 3.43. The molecule has 0 saturated carbocycles. The maximum atomic E-state index is 13.2. The van der Waals surface area contributed by atoms with Crippen LogP contribution in [-0.4, -0.2) is 16.7 Å². The van der Waals surface area contributed by atoms with Gasteiger partial charge in [0.1, 0.15) is 5.75 Å². The van der Waals surface area contributed by atoms with Crippen molar-refractivity contribution in [2.45, 2.75) is 0 Å². The van der Waals surface area contributed by atoms with Crippen molar-refractivity contribution >= 4 is 5.69 Å². The molecule has 0 aliphatic rings. The number of ether oxygens (including phenoxy) is 1. The fourth-order valence-corrected chi connectivity index (χ4v) is 3.50. The largest absolute Gasteiger partial charge is 0.497 e. The van der Waals surface area contributed by atoms with E-state index >= 15 is 0 Å². The van der Waals surface area contributed by atoms with Gasteiger partial charge in [-0.1, -0.05) is 24.3 Å². The summed E-state index contributed by atoms with van der Waals surface area (Å²) < 4.78 is 6.98. The second-order valence-corrected chi connectivity index (χ2v) is 6.77. The van der Waals surface area contributed by atoms with Gasteiger partial charge >= 0.3 is 0 Å². The molecule has 4 aromatic rings. The molecule has 0 atom stereocenters. The van der Waals surface area contributed by atoms with Crippen molar-refractivity contribution in [1.29, 1.82) is 0 Å². The second-order valence-electron chi connectivity index (χ2n) is 6.77. The minimum Gasteiger partial charge on any atom is -0.497 e. The number of anilines is 1. The zero-order valence-electron chi connectivity index (χ0n) is 16.3. The highest BCUT2D eigenvalue weighted by Gasteiger charge is 2.17. The summed E-state index contributed by atoms with van der Waals surface area (Å²) in [6, 6.07) is 20.9. The average Bonchev–Trinajstić information content (AvgIpc) is 2.76. The van der Waals surface area contributed by atoms with Crippen LogP contribution >= 0.6 is 0 Å². The van der Waals surface area contributed by atoms with Crippen LogP contribution < -0.4 is 16.0 Å². The van der Waals surface area contributed by atoms with E-state index in [0.29, 0.717) is 11.3 Å². The summed E-state index contributed by atoms with van der Waals surface area (Å²) >= 11 is 0. The van der Waals surface area contributed by atoms with Crippen LogP contribution in [0.4, 0.5) is 5.69 Å². The quantitative estimate of drug-likeness (QED) is 0.531. The predicted octanol–water partition coefficient (Wildman–Crippen LogP) is 4.37. The van der Waals surface area contributed by atoms with Crippen molar-refractivity contribution < 1.29 is 4.74 Å². The van der Waals surface area contributed by atoms with Crippen molar-refractivity contribution in [3.05, 3.63) is 89.5 Å². The molecule has 2 aromatic carbocycles. The van der Waals surface area contributed by atoms with Gasteiger partial charge in [-0.15, -0.1) is 0 Å². The molecule has 0 amide bonds. The third-order valence-electron chi connectivity index (χ3n) is 4.97. The number of aromatic nitrogens is 2. The van der Waals surface area contributed by atoms with Crippen LogP contribution in [0.15, 0.2) is 83.9 Å². The van der Waals surface area contributed by atoms with Gasteiger partial charge in [0.05, 0.1) is 12.8 Å². The van der Waals surface area contributed by atoms with E-state index in [-0.39, 0.29) is 5.56 Å². The Bertz CT molecular complexity index is 1210. The fraction of sp³-hybridized carbons (Fsp3) is 0.0833. The highest BCUT2D eigenvalue weighted by molar-refractivity contribution is 5.85. The van der Waals surface area contributed by atoms with Crippen LogP contribution in [0.5, 0.6) is 5.75 Å². The summed E-state index contributed by atoms with van der Waals surface area (Å²) in [5, 5.41) is 0. The first kappa shape index (κ1) is 18.5. The van der Waals surface area contributed by atoms with Crippen molar-refractivity contribution in [3.63, 3.8) is 0 Å². The normalized spacial score (nSPS) is 10.7. The minimum atomic E-state index is -0.0836. The molecule has 0 unspecified atom stereocenters. The summed E-state index contributed by atoms with van der Waals surface area (Å²) in [5.41, 5.74) is 11.6. The van der Waals surface area contributed by atoms with Gasteiger partial charge in [-0.05, 0) is 53.6 Å². The Morgan fingerprint density at radius 3 is 2.24 bits per heavy atom. The number of rotatable bonds is 4. The van der Waals surface area contributed by atoms with Gasteiger partial charge < -0.3 is 15.0 Å². The van der Waals surface area contributed by atoms with Crippen molar-refractivity contribution in [2.75, 3.05) is 12.8 Å². The van der Waals surface area contributed by atoms with E-state index in [0.717, 1.165) is 33.7 Å². The molecule has 0 spiro atoms. The number of pyridine rings is 2. The third-order valence-corrected chi connectivity index (χ3v) is 4.97. The molecule has 2 N–H and O–H groups in total. The summed E-state index contributed by atoms with van der Waals surface area (Å²) in [6.07, 6.45) is 3.45. The molecule has 2 aromatic heterocycles. The summed E-state index contributed by atoms with van der Waals surface area (Å²) in [6.45, 7) is 0. The topological polar surface area (TPSA) is 70.1 Å². The molecule has 5 heteroatoms.